The van der Waals surface area contributed by atoms with Gasteiger partial charge in [0.1, 0.15) is 18.2 Å². The number of ether oxygens (including phenoxy) is 1. The maximum absolute atomic E-state index is 13.5. The molecule has 104 valence electrons. The normalized spacial score (nSPS) is 10.3. The topological polar surface area (TPSA) is 78.3 Å². The molecule has 20 heavy (non-hydrogen) atoms. The molecule has 0 heterocycles. The highest BCUT2D eigenvalue weighted by molar-refractivity contribution is 5.97. The van der Waals surface area contributed by atoms with E-state index in [0.717, 1.165) is 12.1 Å². The van der Waals surface area contributed by atoms with Gasteiger partial charge in [-0.05, 0) is 24.3 Å². The fourth-order valence-corrected chi connectivity index (χ4v) is 1.72. The van der Waals surface area contributed by atoms with Gasteiger partial charge in [0.25, 0.3) is 5.91 Å². The van der Waals surface area contributed by atoms with Gasteiger partial charge in [0.2, 0.25) is 0 Å². The fourth-order valence-electron chi connectivity index (χ4n) is 1.72. The predicted octanol–water partition coefficient (Wildman–Crippen LogP) is 2.22. The summed E-state index contributed by atoms with van der Waals surface area (Å²) >= 11 is 0. The average molecular weight is 278 g/mol. The summed E-state index contributed by atoms with van der Waals surface area (Å²) in [6.45, 7) is -0.396. The molecular formula is C14H12F2N2O2. The number of rotatable bonds is 4. The smallest absolute Gasteiger partial charge is 0.252 e. The maximum Gasteiger partial charge on any atom is 0.252 e. The van der Waals surface area contributed by atoms with Crippen molar-refractivity contribution >= 4 is 11.6 Å². The number of nitrogen functional groups attached to an aromatic ring is 1. The zero-order valence-corrected chi connectivity index (χ0v) is 10.4. The lowest BCUT2D eigenvalue weighted by atomic mass is 10.1. The highest BCUT2D eigenvalue weighted by atomic mass is 19.1. The van der Waals surface area contributed by atoms with Gasteiger partial charge < -0.3 is 16.2 Å². The molecule has 0 aliphatic heterocycles. The second-order valence-corrected chi connectivity index (χ2v) is 4.08. The van der Waals surface area contributed by atoms with Crippen LogP contribution in [0.15, 0.2) is 36.4 Å². The molecule has 4 N–H and O–H groups in total. The molecule has 0 fully saturated rings. The van der Waals surface area contributed by atoms with Gasteiger partial charge in [-0.15, -0.1) is 0 Å². The molecule has 1 amide bonds. The number of carbonyl (C=O) groups excluding carboxylic acids is 1. The van der Waals surface area contributed by atoms with Crippen LogP contribution in [0.4, 0.5) is 14.5 Å². The van der Waals surface area contributed by atoms with Gasteiger partial charge in [0.15, 0.2) is 5.75 Å². The van der Waals surface area contributed by atoms with Gasteiger partial charge in [0.05, 0.1) is 16.8 Å². The van der Waals surface area contributed by atoms with Crippen molar-refractivity contribution in [1.29, 1.82) is 0 Å². The second-order valence-electron chi connectivity index (χ2n) is 4.08. The lowest BCUT2D eigenvalue weighted by Gasteiger charge is -2.12. The van der Waals surface area contributed by atoms with Crippen LogP contribution in [0.2, 0.25) is 0 Å². The van der Waals surface area contributed by atoms with Crippen molar-refractivity contribution in [2.24, 2.45) is 5.73 Å². The molecule has 2 rings (SSSR count). The molecule has 0 saturated carbocycles. The van der Waals surface area contributed by atoms with Crippen molar-refractivity contribution < 1.29 is 18.3 Å². The van der Waals surface area contributed by atoms with E-state index < -0.39 is 24.1 Å². The Bertz CT molecular complexity index is 639. The lowest BCUT2D eigenvalue weighted by molar-refractivity contribution is 0.0996. The number of benzene rings is 2. The molecule has 0 aliphatic rings. The summed E-state index contributed by atoms with van der Waals surface area (Å²) in [7, 11) is 0. The SMILES string of the molecule is NC(=O)c1cccc(N)c1OCc1c(F)cccc1F. The summed E-state index contributed by atoms with van der Waals surface area (Å²) < 4.78 is 32.2. The molecule has 0 aromatic heterocycles. The number of hydrogen-bond acceptors (Lipinski definition) is 3. The molecule has 0 aliphatic carbocycles. The maximum atomic E-state index is 13.5. The largest absolute Gasteiger partial charge is 0.486 e. The molecule has 0 atom stereocenters. The van der Waals surface area contributed by atoms with Crippen LogP contribution in [0, 0.1) is 11.6 Å². The first-order valence-electron chi connectivity index (χ1n) is 5.74. The molecule has 6 heteroatoms. The number of hydrogen-bond donors (Lipinski definition) is 2. The van der Waals surface area contributed by atoms with Crippen molar-refractivity contribution in [2.75, 3.05) is 5.73 Å². The third-order valence-electron chi connectivity index (χ3n) is 2.73. The number of anilines is 1. The minimum absolute atomic E-state index is 0.0163. The van der Waals surface area contributed by atoms with Crippen LogP contribution >= 0.6 is 0 Å². The van der Waals surface area contributed by atoms with E-state index in [4.69, 9.17) is 16.2 Å². The van der Waals surface area contributed by atoms with E-state index in [2.05, 4.69) is 0 Å². The molecule has 2 aromatic carbocycles. The Labute approximate surface area is 114 Å². The highest BCUT2D eigenvalue weighted by Gasteiger charge is 2.15. The number of carbonyl (C=O) groups is 1. The van der Waals surface area contributed by atoms with Crippen LogP contribution in [-0.2, 0) is 6.61 Å². The number of para-hydroxylation sites is 1. The first-order valence-corrected chi connectivity index (χ1v) is 5.74. The summed E-state index contributed by atoms with van der Waals surface area (Å²) in [4.78, 5) is 11.3. The number of nitrogens with two attached hydrogens (primary N) is 2. The van der Waals surface area contributed by atoms with Gasteiger partial charge in [0, 0.05) is 0 Å². The highest BCUT2D eigenvalue weighted by Crippen LogP contribution is 2.27. The van der Waals surface area contributed by atoms with E-state index in [0.29, 0.717) is 0 Å². The van der Waals surface area contributed by atoms with Crippen molar-refractivity contribution in [1.82, 2.24) is 0 Å². The standard InChI is InChI=1S/C14H12F2N2O2/c15-10-4-2-5-11(16)9(10)7-20-13-8(14(18)19)3-1-6-12(13)17/h1-6H,7,17H2,(H2,18,19). The monoisotopic (exact) mass is 278 g/mol. The quantitative estimate of drug-likeness (QED) is 0.842. The minimum atomic E-state index is -0.736. The van der Waals surface area contributed by atoms with Gasteiger partial charge in [-0.2, -0.15) is 0 Å². The summed E-state index contributed by atoms with van der Waals surface area (Å²) in [5, 5.41) is 0. The molecule has 4 nitrogen and oxygen atoms in total. The van der Waals surface area contributed by atoms with E-state index in [9.17, 15) is 13.6 Å². The molecule has 0 bridgehead atoms. The Morgan fingerprint density at radius 3 is 2.30 bits per heavy atom. The van der Waals surface area contributed by atoms with Crippen molar-refractivity contribution in [2.45, 2.75) is 6.61 Å². The Hall–Kier alpha value is -2.63. The van der Waals surface area contributed by atoms with E-state index in [-0.39, 0.29) is 22.6 Å². The fraction of sp³-hybridized carbons (Fsp3) is 0.0714. The Morgan fingerprint density at radius 2 is 1.70 bits per heavy atom. The van der Waals surface area contributed by atoms with Crippen LogP contribution in [-0.4, -0.2) is 5.91 Å². The van der Waals surface area contributed by atoms with Crippen molar-refractivity contribution in [3.63, 3.8) is 0 Å². The third kappa shape index (κ3) is 2.69. The Balaban J connectivity index is 2.30. The summed E-state index contributed by atoms with van der Waals surface area (Å²) in [5.41, 5.74) is 10.8. The summed E-state index contributed by atoms with van der Waals surface area (Å²) in [6.07, 6.45) is 0. The van der Waals surface area contributed by atoms with E-state index in [1.165, 1.54) is 24.3 Å². The molecule has 2 aromatic rings. The van der Waals surface area contributed by atoms with Crippen LogP contribution < -0.4 is 16.2 Å². The number of amides is 1. The van der Waals surface area contributed by atoms with E-state index in [1.54, 1.807) is 0 Å². The Morgan fingerprint density at radius 1 is 1.10 bits per heavy atom. The molecular weight excluding hydrogens is 266 g/mol. The van der Waals surface area contributed by atoms with Crippen LogP contribution in [0.25, 0.3) is 0 Å². The zero-order valence-electron chi connectivity index (χ0n) is 10.4. The molecule has 0 radical (unpaired) electrons. The molecule has 0 spiro atoms. The van der Waals surface area contributed by atoms with Crippen molar-refractivity contribution in [3.05, 3.63) is 59.2 Å². The van der Waals surface area contributed by atoms with Crippen LogP contribution in [0.1, 0.15) is 15.9 Å². The van der Waals surface area contributed by atoms with Gasteiger partial charge >= 0.3 is 0 Å². The predicted molar refractivity (Wildman–Crippen MR) is 70.1 cm³/mol. The zero-order chi connectivity index (χ0) is 14.7. The number of halogens is 2. The lowest BCUT2D eigenvalue weighted by Crippen LogP contribution is -2.14. The van der Waals surface area contributed by atoms with Gasteiger partial charge in [-0.1, -0.05) is 12.1 Å². The first kappa shape index (κ1) is 13.8. The average Bonchev–Trinajstić information content (AvgIpc) is 2.39. The van der Waals surface area contributed by atoms with Crippen LogP contribution in [0.3, 0.4) is 0 Å². The third-order valence-corrected chi connectivity index (χ3v) is 2.73. The minimum Gasteiger partial charge on any atom is -0.486 e. The molecule has 0 saturated heterocycles. The first-order chi connectivity index (χ1) is 9.50. The Kier molecular flexibility index (Phi) is 3.84. The van der Waals surface area contributed by atoms with Gasteiger partial charge in [-0.25, -0.2) is 8.78 Å². The second kappa shape index (κ2) is 5.56. The van der Waals surface area contributed by atoms with E-state index >= 15 is 0 Å². The van der Waals surface area contributed by atoms with Crippen LogP contribution in [0.5, 0.6) is 5.75 Å². The summed E-state index contributed by atoms with van der Waals surface area (Å²) in [6, 6.07) is 7.94. The number of primary amides is 1. The van der Waals surface area contributed by atoms with Crippen molar-refractivity contribution in [3.8, 4) is 5.75 Å². The summed E-state index contributed by atoms with van der Waals surface area (Å²) in [5.74, 6) is -2.19. The van der Waals surface area contributed by atoms with Gasteiger partial charge in [-0.3, -0.25) is 4.79 Å². The molecule has 0 unspecified atom stereocenters. The van der Waals surface area contributed by atoms with E-state index in [1.807, 2.05) is 0 Å².